The molecule has 0 unspecified atom stereocenters. The molecule has 2 aromatic carbocycles. The van der Waals surface area contributed by atoms with Crippen LogP contribution in [0, 0.1) is 11.8 Å². The fourth-order valence-electron chi connectivity index (χ4n) is 8.88. The maximum Gasteiger partial charge on any atom is 0.309 e. The van der Waals surface area contributed by atoms with Gasteiger partial charge in [-0.2, -0.15) is 0 Å². The number of ether oxygens (including phenoxy) is 2. The van der Waals surface area contributed by atoms with Gasteiger partial charge in [-0.05, 0) is 111 Å². The summed E-state index contributed by atoms with van der Waals surface area (Å²) in [5.74, 6) is -2.83. The zero-order chi connectivity index (χ0) is 56.1. The lowest BCUT2D eigenvalue weighted by Crippen LogP contribution is -2.40. The lowest BCUT2D eigenvalue weighted by Gasteiger charge is -2.33. The number of furan rings is 2. The molecule has 4 heterocycles. The number of fused-ring (bicyclic) bond motifs is 2. The Balaban J connectivity index is 0.000000210. The van der Waals surface area contributed by atoms with E-state index in [0.717, 1.165) is 12.8 Å². The smallest absolute Gasteiger partial charge is 0.309 e. The van der Waals surface area contributed by atoms with Gasteiger partial charge in [-0.25, -0.2) is 9.97 Å². The number of esters is 2. The summed E-state index contributed by atoms with van der Waals surface area (Å²) in [6, 6.07) is 16.7. The second kappa shape index (κ2) is 26.6. The molecule has 0 radical (unpaired) electrons. The minimum Gasteiger partial charge on any atom is -0.481 e. The Labute approximate surface area is 453 Å². The average molecular weight is 1100 g/mol. The van der Waals surface area contributed by atoms with Crippen LogP contribution in [0.25, 0.3) is 21.9 Å². The number of aromatic nitrogens is 2. The standard InChI is InChI=1S/C27H29ClN4O6.C17H14ClN3O4.C10H17NO3/c1-15(33)32(2)19-8-5-17(6-9-19)26(35)31-24-20-12-16(13-23(34)37-3)4-10-21(20)38-25(24)27(36)30-22-11-7-18(28)14-29-22;1-24-14(22)7-9-2-4-12-11(6-9)15(19)16(25-12)17(23)21-13-5-3-10(18)8-20-13;1-7(12)11(2)9-5-3-8(4-6-9)10(13)14/h4,7,10-12,14,17,19H,5-6,8-9,13H2,1-3H3,(H,31,35)(H,29,30,36);2-6,8H,7,19H2,1H3,(H,20,21,23);8-9H,3-6H2,1-2H3,(H,13,14). The van der Waals surface area contributed by atoms with Crippen molar-refractivity contribution in [3.63, 3.8) is 0 Å². The largest absolute Gasteiger partial charge is 0.481 e. The normalized spacial score (nSPS) is 16.8. The van der Waals surface area contributed by atoms with Gasteiger partial charge >= 0.3 is 17.9 Å². The molecular weight excluding hydrogens is 1040 g/mol. The molecular formula is C54H60Cl2N8O13. The van der Waals surface area contributed by atoms with Crippen LogP contribution in [0.4, 0.5) is 23.0 Å². The van der Waals surface area contributed by atoms with Crippen molar-refractivity contribution in [2.45, 2.75) is 90.1 Å². The van der Waals surface area contributed by atoms with Crippen molar-refractivity contribution in [1.82, 2.24) is 19.8 Å². The topological polar surface area (TPSA) is 296 Å². The van der Waals surface area contributed by atoms with Crippen molar-refractivity contribution in [2.75, 3.05) is 50.0 Å². The van der Waals surface area contributed by atoms with E-state index in [-0.39, 0.29) is 89.2 Å². The molecule has 23 heteroatoms. The third-order valence-corrected chi connectivity index (χ3v) is 13.9. The number of hydrogen-bond donors (Lipinski definition) is 5. The summed E-state index contributed by atoms with van der Waals surface area (Å²) in [5.41, 5.74) is 8.60. The number of carbonyl (C=O) groups is 8. The Morgan fingerprint density at radius 3 is 1.48 bits per heavy atom. The number of nitrogens with two attached hydrogens (primary N) is 1. The van der Waals surface area contributed by atoms with Crippen LogP contribution in [0.5, 0.6) is 0 Å². The minimum atomic E-state index is -0.700. The van der Waals surface area contributed by atoms with Gasteiger partial charge in [0.2, 0.25) is 29.2 Å². The number of nitrogen functional groups attached to an aromatic ring is 1. The van der Waals surface area contributed by atoms with Crippen molar-refractivity contribution in [3.8, 4) is 0 Å². The molecule has 5 amide bonds. The van der Waals surface area contributed by atoms with E-state index in [9.17, 15) is 38.4 Å². The third-order valence-electron chi connectivity index (χ3n) is 13.5. The van der Waals surface area contributed by atoms with Gasteiger partial charge < -0.3 is 54.9 Å². The van der Waals surface area contributed by atoms with Gasteiger partial charge in [-0.15, -0.1) is 0 Å². The molecule has 2 saturated carbocycles. The molecule has 408 valence electrons. The van der Waals surface area contributed by atoms with E-state index in [1.165, 1.54) is 33.5 Å². The molecule has 2 aliphatic carbocycles. The van der Waals surface area contributed by atoms with E-state index in [0.29, 0.717) is 87.5 Å². The molecule has 8 rings (SSSR count). The van der Waals surface area contributed by atoms with E-state index >= 15 is 0 Å². The number of hydrogen-bond acceptors (Lipinski definition) is 15. The Hall–Kier alpha value is -8.04. The number of rotatable bonds is 13. The predicted octanol–water partition coefficient (Wildman–Crippen LogP) is 8.56. The van der Waals surface area contributed by atoms with Gasteiger partial charge in [0.05, 0.1) is 48.7 Å². The van der Waals surface area contributed by atoms with Crippen LogP contribution in [-0.4, -0.2) is 113 Å². The number of halogens is 2. The summed E-state index contributed by atoms with van der Waals surface area (Å²) >= 11 is 11.6. The molecule has 0 bridgehead atoms. The predicted molar refractivity (Wildman–Crippen MR) is 287 cm³/mol. The maximum absolute atomic E-state index is 13.3. The van der Waals surface area contributed by atoms with Gasteiger partial charge in [0, 0.05) is 69.1 Å². The monoisotopic (exact) mass is 1100 g/mol. The van der Waals surface area contributed by atoms with Crippen molar-refractivity contribution in [2.24, 2.45) is 11.8 Å². The number of anilines is 4. The van der Waals surface area contributed by atoms with Crippen LogP contribution in [0.2, 0.25) is 10.0 Å². The first kappa shape index (κ1) is 58.2. The summed E-state index contributed by atoms with van der Waals surface area (Å²) in [6.45, 7) is 3.08. The summed E-state index contributed by atoms with van der Waals surface area (Å²) in [4.78, 5) is 107. The van der Waals surface area contributed by atoms with Crippen LogP contribution in [-0.2, 0) is 51.1 Å². The fraction of sp³-hybridized carbons (Fsp3) is 0.370. The first-order chi connectivity index (χ1) is 36.6. The number of amides is 5. The van der Waals surface area contributed by atoms with E-state index < -0.39 is 23.8 Å². The summed E-state index contributed by atoms with van der Waals surface area (Å²) in [6.07, 6.45) is 8.58. The second-order valence-corrected chi connectivity index (χ2v) is 19.4. The molecule has 0 aliphatic heterocycles. The fourth-order valence-corrected chi connectivity index (χ4v) is 9.10. The van der Waals surface area contributed by atoms with Crippen molar-refractivity contribution >= 4 is 116 Å². The number of aliphatic carboxylic acids is 1. The number of nitrogens with zero attached hydrogens (tertiary/aromatic N) is 4. The lowest BCUT2D eigenvalue weighted by molar-refractivity contribution is -0.143. The van der Waals surface area contributed by atoms with Crippen LogP contribution in [0.15, 0.2) is 81.9 Å². The highest BCUT2D eigenvalue weighted by molar-refractivity contribution is 6.30. The molecule has 6 aromatic rings. The Kier molecular flexibility index (Phi) is 20.1. The molecule has 4 aromatic heterocycles. The average Bonchev–Trinajstić information content (AvgIpc) is 3.98. The van der Waals surface area contributed by atoms with E-state index in [4.69, 9.17) is 47.6 Å². The lowest BCUT2D eigenvalue weighted by atomic mass is 9.84. The number of nitrogens with one attached hydrogen (secondary N) is 3. The summed E-state index contributed by atoms with van der Waals surface area (Å²) in [5, 5.41) is 18.9. The zero-order valence-electron chi connectivity index (χ0n) is 43.3. The molecule has 2 aliphatic rings. The second-order valence-electron chi connectivity index (χ2n) is 18.5. The molecule has 0 atom stereocenters. The molecule has 6 N–H and O–H groups in total. The Bertz CT molecular complexity index is 3130. The number of pyridine rings is 2. The number of methoxy groups -OCH3 is 2. The minimum absolute atomic E-state index is 0.00337. The maximum atomic E-state index is 13.3. The number of carboxylic acids is 1. The van der Waals surface area contributed by atoms with Crippen molar-refractivity contribution < 1.29 is 61.8 Å². The number of carbonyl (C=O) groups excluding carboxylic acids is 7. The highest BCUT2D eigenvalue weighted by Gasteiger charge is 2.32. The zero-order valence-corrected chi connectivity index (χ0v) is 44.8. The summed E-state index contributed by atoms with van der Waals surface area (Å²) < 4.78 is 20.8. The van der Waals surface area contributed by atoms with Crippen LogP contribution < -0.4 is 21.7 Å². The van der Waals surface area contributed by atoms with Gasteiger partial charge in [-0.1, -0.05) is 35.3 Å². The number of carboxylic acid groups (broad SMARTS) is 1. The molecule has 21 nitrogen and oxygen atoms in total. The van der Waals surface area contributed by atoms with E-state index in [1.807, 2.05) is 0 Å². The van der Waals surface area contributed by atoms with E-state index in [1.54, 1.807) is 91.5 Å². The molecule has 0 spiro atoms. The number of benzene rings is 2. The molecule has 2 fully saturated rings. The van der Waals surface area contributed by atoms with Crippen LogP contribution >= 0.6 is 23.2 Å². The third kappa shape index (κ3) is 15.5. The van der Waals surface area contributed by atoms with Gasteiger partial charge in [0.15, 0.2) is 0 Å². The molecule has 0 saturated heterocycles. The Morgan fingerprint density at radius 2 is 1.05 bits per heavy atom. The first-order valence-electron chi connectivity index (χ1n) is 24.5. The van der Waals surface area contributed by atoms with Gasteiger partial charge in [-0.3, -0.25) is 38.4 Å². The summed E-state index contributed by atoms with van der Waals surface area (Å²) in [7, 11) is 6.19. The van der Waals surface area contributed by atoms with Crippen molar-refractivity contribution in [3.05, 3.63) is 106 Å². The quantitative estimate of drug-likeness (QED) is 0.0677. The Morgan fingerprint density at radius 1 is 0.623 bits per heavy atom. The highest BCUT2D eigenvalue weighted by Crippen LogP contribution is 2.36. The molecule has 77 heavy (non-hydrogen) atoms. The SMILES string of the molecule is CC(=O)N(C)C1CCC(C(=O)O)CC1.COC(=O)Cc1ccc2oc(C(=O)Nc3ccc(Cl)cn3)c(N)c2c1.COC(=O)Cc1ccc2oc(C(=O)Nc3ccc(Cl)cn3)c(NC(=O)C3CCC(N(C)C(C)=O)CC3)c2c1. The van der Waals surface area contributed by atoms with Crippen molar-refractivity contribution in [1.29, 1.82) is 0 Å². The van der Waals surface area contributed by atoms with E-state index in [2.05, 4.69) is 30.7 Å². The first-order valence-corrected chi connectivity index (χ1v) is 25.3. The van der Waals surface area contributed by atoms with Crippen LogP contribution in [0.1, 0.15) is 97.5 Å². The van der Waals surface area contributed by atoms with Gasteiger partial charge in [0.1, 0.15) is 28.5 Å². The van der Waals surface area contributed by atoms with Gasteiger partial charge in [0.25, 0.3) is 11.8 Å². The highest BCUT2D eigenvalue weighted by atomic mass is 35.5. The van der Waals surface area contributed by atoms with Crippen LogP contribution in [0.3, 0.4) is 0 Å².